The number of hydrogen-bond acceptors (Lipinski definition) is 1. The molecule has 0 unspecified atom stereocenters. The zero-order valence-corrected chi connectivity index (χ0v) is 18.7. The van der Waals surface area contributed by atoms with Gasteiger partial charge in [0, 0.05) is 36.6 Å². The minimum Gasteiger partial charge on any atom is -0.361 e. The quantitative estimate of drug-likeness (QED) is 0.429. The van der Waals surface area contributed by atoms with Crippen LogP contribution in [0.5, 0.6) is 0 Å². The van der Waals surface area contributed by atoms with Crippen LogP contribution in [0.25, 0.3) is 10.9 Å². The van der Waals surface area contributed by atoms with Crippen molar-refractivity contribution in [2.24, 2.45) is 5.41 Å². The Morgan fingerprint density at radius 3 is 2.36 bits per heavy atom. The molecule has 28 heavy (non-hydrogen) atoms. The topological polar surface area (TPSA) is 36.1 Å². The van der Waals surface area contributed by atoms with Crippen molar-refractivity contribution in [1.82, 2.24) is 9.88 Å². The van der Waals surface area contributed by atoms with E-state index in [-0.39, 0.29) is 17.4 Å². The number of unbranched alkanes of at least 4 members (excludes halogenated alkanes) is 6. The van der Waals surface area contributed by atoms with Gasteiger partial charge in [0.1, 0.15) is 0 Å². The molecule has 1 amide bonds. The van der Waals surface area contributed by atoms with Crippen molar-refractivity contribution in [2.75, 3.05) is 7.05 Å². The Kier molecular flexibility index (Phi) is 8.59. The second-order valence-electron chi connectivity index (χ2n) is 9.32. The maximum atomic E-state index is 12.9. The summed E-state index contributed by atoms with van der Waals surface area (Å²) in [4.78, 5) is 18.3. The Hall–Kier alpha value is -1.77. The van der Waals surface area contributed by atoms with Gasteiger partial charge in [-0.3, -0.25) is 4.79 Å². The lowest BCUT2D eigenvalue weighted by Crippen LogP contribution is -2.46. The molecule has 0 spiro atoms. The van der Waals surface area contributed by atoms with Gasteiger partial charge in [-0.15, -0.1) is 0 Å². The van der Waals surface area contributed by atoms with Gasteiger partial charge in [-0.1, -0.05) is 84.4 Å². The molecule has 1 atom stereocenters. The van der Waals surface area contributed by atoms with Crippen molar-refractivity contribution in [3.05, 3.63) is 36.0 Å². The molecule has 0 saturated carbocycles. The van der Waals surface area contributed by atoms with Gasteiger partial charge in [0.2, 0.25) is 5.91 Å². The molecule has 0 aliphatic heterocycles. The van der Waals surface area contributed by atoms with Gasteiger partial charge >= 0.3 is 0 Å². The molecule has 0 fully saturated rings. The van der Waals surface area contributed by atoms with Gasteiger partial charge in [0.25, 0.3) is 0 Å². The molecule has 0 saturated heterocycles. The molecule has 0 aliphatic rings. The maximum absolute atomic E-state index is 12.9. The van der Waals surface area contributed by atoms with Crippen LogP contribution in [0.15, 0.2) is 30.5 Å². The van der Waals surface area contributed by atoms with Crippen LogP contribution in [0.1, 0.15) is 84.6 Å². The van der Waals surface area contributed by atoms with Gasteiger partial charge in [-0.2, -0.15) is 0 Å². The number of hydrogen-bond donors (Lipinski definition) is 1. The van der Waals surface area contributed by atoms with E-state index in [0.717, 1.165) is 12.8 Å². The second-order valence-corrected chi connectivity index (χ2v) is 9.32. The third kappa shape index (κ3) is 6.39. The molecule has 156 valence electrons. The van der Waals surface area contributed by atoms with Crippen molar-refractivity contribution in [3.63, 3.8) is 0 Å². The molecule has 2 rings (SSSR count). The van der Waals surface area contributed by atoms with E-state index in [2.05, 4.69) is 63.1 Å². The van der Waals surface area contributed by atoms with E-state index in [1.54, 1.807) is 0 Å². The predicted octanol–water partition coefficient (Wildman–Crippen LogP) is 6.72. The summed E-state index contributed by atoms with van der Waals surface area (Å²) in [5.41, 5.74) is 2.50. The molecule has 1 aromatic carbocycles. The predicted molar refractivity (Wildman–Crippen MR) is 121 cm³/mol. The average Bonchev–Trinajstić information content (AvgIpc) is 3.07. The van der Waals surface area contributed by atoms with Crippen molar-refractivity contribution in [2.45, 2.75) is 91.5 Å². The van der Waals surface area contributed by atoms with E-state index in [0.29, 0.717) is 6.42 Å². The molecule has 3 nitrogen and oxygen atoms in total. The molecule has 0 aliphatic carbocycles. The highest BCUT2D eigenvalue weighted by Crippen LogP contribution is 2.30. The minimum atomic E-state index is 0.0307. The van der Waals surface area contributed by atoms with E-state index >= 15 is 0 Å². The number of fused-ring (bicyclic) bond motifs is 1. The van der Waals surface area contributed by atoms with E-state index in [1.807, 2.05) is 11.9 Å². The first kappa shape index (κ1) is 22.5. The number of nitrogens with zero attached hydrogens (tertiary/aromatic N) is 1. The van der Waals surface area contributed by atoms with Crippen molar-refractivity contribution in [1.29, 1.82) is 0 Å². The standard InChI is InChI=1S/C25H40N2O/c1-6-7-8-9-10-11-12-17-24(28)27(5)23(25(2,3)4)18-20-19-26-22-16-14-13-15-21(20)22/h13-16,19,23,26H,6-12,17-18H2,1-5H3/t23-/m0/s1. The highest BCUT2D eigenvalue weighted by Gasteiger charge is 2.31. The summed E-state index contributed by atoms with van der Waals surface area (Å²) in [6.07, 6.45) is 12.4. The number of nitrogens with one attached hydrogen (secondary N) is 1. The first-order valence-corrected chi connectivity index (χ1v) is 11.1. The van der Waals surface area contributed by atoms with Gasteiger partial charge in [-0.05, 0) is 29.9 Å². The number of aromatic nitrogens is 1. The lowest BCUT2D eigenvalue weighted by molar-refractivity contribution is -0.134. The third-order valence-corrected chi connectivity index (χ3v) is 5.94. The Labute approximate surface area is 171 Å². The molecule has 0 radical (unpaired) electrons. The first-order valence-electron chi connectivity index (χ1n) is 11.1. The number of aromatic amines is 1. The Morgan fingerprint density at radius 2 is 1.68 bits per heavy atom. The second kappa shape index (κ2) is 10.7. The number of rotatable bonds is 11. The SMILES string of the molecule is CCCCCCCCCC(=O)N(C)[C@@H](Cc1c[nH]c2ccccc12)C(C)(C)C. The van der Waals surface area contributed by atoms with E-state index < -0.39 is 0 Å². The molecule has 1 aromatic heterocycles. The van der Waals surface area contributed by atoms with Crippen molar-refractivity contribution < 1.29 is 4.79 Å². The molecule has 2 aromatic rings. The van der Waals surface area contributed by atoms with Gasteiger partial charge in [-0.25, -0.2) is 0 Å². The fourth-order valence-corrected chi connectivity index (χ4v) is 4.12. The number of likely N-dealkylation sites (N-methyl/N-ethyl adjacent to an activating group) is 1. The fourth-order valence-electron chi connectivity index (χ4n) is 4.12. The van der Waals surface area contributed by atoms with Gasteiger partial charge in [0.15, 0.2) is 0 Å². The zero-order valence-electron chi connectivity index (χ0n) is 18.7. The molecule has 1 N–H and O–H groups in total. The van der Waals surface area contributed by atoms with Crippen LogP contribution < -0.4 is 0 Å². The van der Waals surface area contributed by atoms with Gasteiger partial charge < -0.3 is 9.88 Å². The van der Waals surface area contributed by atoms with E-state index in [9.17, 15) is 4.79 Å². The summed E-state index contributed by atoms with van der Waals surface area (Å²) in [7, 11) is 1.99. The highest BCUT2D eigenvalue weighted by molar-refractivity contribution is 5.83. The molecular formula is C25H40N2O. The molecule has 3 heteroatoms. The summed E-state index contributed by atoms with van der Waals surface area (Å²) in [6.45, 7) is 8.97. The maximum Gasteiger partial charge on any atom is 0.222 e. The van der Waals surface area contributed by atoms with Crippen LogP contribution in [0, 0.1) is 5.41 Å². The van der Waals surface area contributed by atoms with Gasteiger partial charge in [0.05, 0.1) is 0 Å². The molecule has 1 heterocycles. The van der Waals surface area contributed by atoms with E-state index in [4.69, 9.17) is 0 Å². The molecular weight excluding hydrogens is 344 g/mol. The van der Waals surface area contributed by atoms with Crippen LogP contribution in [0.4, 0.5) is 0 Å². The Balaban J connectivity index is 1.94. The van der Waals surface area contributed by atoms with Crippen molar-refractivity contribution >= 4 is 16.8 Å². The summed E-state index contributed by atoms with van der Waals surface area (Å²) >= 11 is 0. The zero-order chi connectivity index (χ0) is 20.6. The van der Waals surface area contributed by atoms with Crippen molar-refractivity contribution in [3.8, 4) is 0 Å². The fraction of sp³-hybridized carbons (Fsp3) is 0.640. The number of carbonyl (C=O) groups is 1. The third-order valence-electron chi connectivity index (χ3n) is 5.94. The van der Waals surface area contributed by atoms with Crippen LogP contribution in [-0.2, 0) is 11.2 Å². The van der Waals surface area contributed by atoms with Crippen LogP contribution in [0.2, 0.25) is 0 Å². The monoisotopic (exact) mass is 384 g/mol. The summed E-state index contributed by atoms with van der Waals surface area (Å²) in [5.74, 6) is 0.285. The highest BCUT2D eigenvalue weighted by atomic mass is 16.2. The van der Waals surface area contributed by atoms with E-state index in [1.165, 1.54) is 55.0 Å². The van der Waals surface area contributed by atoms with Crippen LogP contribution in [-0.4, -0.2) is 28.9 Å². The Bertz CT molecular complexity index is 725. The Morgan fingerprint density at radius 1 is 1.04 bits per heavy atom. The van der Waals surface area contributed by atoms with Crippen LogP contribution >= 0.6 is 0 Å². The number of benzene rings is 1. The lowest BCUT2D eigenvalue weighted by Gasteiger charge is -2.38. The largest absolute Gasteiger partial charge is 0.361 e. The number of amides is 1. The number of para-hydroxylation sites is 1. The smallest absolute Gasteiger partial charge is 0.222 e. The summed E-state index contributed by atoms with van der Waals surface area (Å²) in [5, 5.41) is 1.27. The average molecular weight is 385 g/mol. The minimum absolute atomic E-state index is 0.0307. The number of carbonyl (C=O) groups excluding carboxylic acids is 1. The van der Waals surface area contributed by atoms with Crippen LogP contribution in [0.3, 0.4) is 0 Å². The number of H-pyrrole nitrogens is 1. The first-order chi connectivity index (χ1) is 13.3. The summed E-state index contributed by atoms with van der Waals surface area (Å²) < 4.78 is 0. The molecule has 0 bridgehead atoms. The summed E-state index contributed by atoms with van der Waals surface area (Å²) in [6, 6.07) is 8.61. The lowest BCUT2D eigenvalue weighted by atomic mass is 9.82. The normalized spacial score (nSPS) is 13.0.